The zero-order chi connectivity index (χ0) is 23.3. The van der Waals surface area contributed by atoms with Crippen LogP contribution >= 0.6 is 45.2 Å². The third-order valence-electron chi connectivity index (χ3n) is 4.09. The highest BCUT2D eigenvalue weighted by Gasteiger charge is 2.30. The normalized spacial score (nSPS) is 11.5. The Morgan fingerprint density at radius 3 is 2.31 bits per heavy atom. The number of alkyl halides is 3. The lowest BCUT2D eigenvalue weighted by Crippen LogP contribution is -2.05. The van der Waals surface area contributed by atoms with Crippen LogP contribution in [0.25, 0.3) is 0 Å². The number of hydrazone groups is 1. The molecule has 1 heterocycles. The highest BCUT2D eigenvalue weighted by Crippen LogP contribution is 2.30. The van der Waals surface area contributed by atoms with Crippen molar-refractivity contribution in [3.8, 4) is 5.75 Å². The largest absolute Gasteiger partial charge is 0.487 e. The minimum Gasteiger partial charge on any atom is -0.487 e. The minimum absolute atomic E-state index is 0.188. The molecule has 0 saturated carbocycles. The van der Waals surface area contributed by atoms with E-state index >= 15 is 0 Å². The molecule has 0 amide bonds. The number of carbonyl (C=O) groups is 1. The number of aromatic carboxylic acids is 1. The van der Waals surface area contributed by atoms with E-state index in [1.807, 2.05) is 12.1 Å². The van der Waals surface area contributed by atoms with Crippen LogP contribution in [-0.2, 0) is 12.8 Å². The van der Waals surface area contributed by atoms with Crippen LogP contribution in [0.2, 0.25) is 0 Å². The van der Waals surface area contributed by atoms with Crippen LogP contribution in [0.4, 0.5) is 19.0 Å². The van der Waals surface area contributed by atoms with E-state index in [4.69, 9.17) is 9.84 Å². The first kappa shape index (κ1) is 24.2. The van der Waals surface area contributed by atoms with E-state index < -0.39 is 17.7 Å². The van der Waals surface area contributed by atoms with Gasteiger partial charge in [-0.2, -0.15) is 18.3 Å². The van der Waals surface area contributed by atoms with Gasteiger partial charge in [-0.05, 0) is 92.7 Å². The number of benzene rings is 2. The molecule has 0 aliphatic rings. The fourth-order valence-electron chi connectivity index (χ4n) is 2.49. The maximum Gasteiger partial charge on any atom is 0.417 e. The van der Waals surface area contributed by atoms with E-state index in [0.717, 1.165) is 30.5 Å². The molecular formula is C21H14F3I2N3O3. The summed E-state index contributed by atoms with van der Waals surface area (Å²) >= 11 is 4.27. The highest BCUT2D eigenvalue weighted by atomic mass is 127. The van der Waals surface area contributed by atoms with Gasteiger partial charge in [0.05, 0.1) is 24.5 Å². The van der Waals surface area contributed by atoms with E-state index in [1.54, 1.807) is 12.1 Å². The average molecular weight is 667 g/mol. The quantitative estimate of drug-likeness (QED) is 0.183. The molecule has 0 bridgehead atoms. The van der Waals surface area contributed by atoms with Crippen LogP contribution in [-0.4, -0.2) is 22.3 Å². The van der Waals surface area contributed by atoms with Crippen LogP contribution in [0, 0.1) is 7.14 Å². The van der Waals surface area contributed by atoms with Gasteiger partial charge in [0.1, 0.15) is 18.2 Å². The van der Waals surface area contributed by atoms with Crippen LogP contribution in [0.1, 0.15) is 27.0 Å². The Bertz CT molecular complexity index is 1110. The van der Waals surface area contributed by atoms with E-state index in [2.05, 4.69) is 60.7 Å². The van der Waals surface area contributed by atoms with Crippen LogP contribution in [0.5, 0.6) is 5.75 Å². The maximum absolute atomic E-state index is 12.6. The molecular weight excluding hydrogens is 653 g/mol. The number of rotatable bonds is 7. The molecule has 0 aliphatic carbocycles. The number of hydrogen-bond donors (Lipinski definition) is 2. The lowest BCUT2D eigenvalue weighted by atomic mass is 10.1. The molecule has 2 N–H and O–H groups in total. The van der Waals surface area contributed by atoms with Gasteiger partial charge in [0.2, 0.25) is 0 Å². The Morgan fingerprint density at radius 1 is 1.12 bits per heavy atom. The first-order valence-electron chi connectivity index (χ1n) is 8.90. The summed E-state index contributed by atoms with van der Waals surface area (Å²) in [6.45, 7) is 0.278. The summed E-state index contributed by atoms with van der Waals surface area (Å²) in [5, 5.41) is 13.0. The Hall–Kier alpha value is -2.42. The van der Waals surface area contributed by atoms with Crippen LogP contribution in [0.3, 0.4) is 0 Å². The summed E-state index contributed by atoms with van der Waals surface area (Å²) in [7, 11) is 0. The minimum atomic E-state index is -4.44. The van der Waals surface area contributed by atoms with Gasteiger partial charge in [-0.25, -0.2) is 9.78 Å². The zero-order valence-electron chi connectivity index (χ0n) is 16.0. The van der Waals surface area contributed by atoms with Gasteiger partial charge in [-0.3, -0.25) is 5.43 Å². The monoisotopic (exact) mass is 667 g/mol. The number of carboxylic acid groups (broad SMARTS) is 1. The third kappa shape index (κ3) is 6.54. The summed E-state index contributed by atoms with van der Waals surface area (Å²) in [4.78, 5) is 14.6. The predicted molar refractivity (Wildman–Crippen MR) is 130 cm³/mol. The van der Waals surface area contributed by atoms with Gasteiger partial charge in [0.15, 0.2) is 0 Å². The molecule has 6 nitrogen and oxygen atoms in total. The number of carboxylic acids is 1. The first-order chi connectivity index (χ1) is 15.1. The smallest absolute Gasteiger partial charge is 0.417 e. The average Bonchev–Trinajstić information content (AvgIpc) is 2.73. The van der Waals surface area contributed by atoms with Gasteiger partial charge in [-0.1, -0.05) is 12.1 Å². The van der Waals surface area contributed by atoms with Gasteiger partial charge >= 0.3 is 12.1 Å². The fraction of sp³-hybridized carbons (Fsp3) is 0.0952. The summed E-state index contributed by atoms with van der Waals surface area (Å²) in [6, 6.07) is 12.3. The molecule has 0 atom stereocenters. The molecule has 3 rings (SSSR count). The van der Waals surface area contributed by atoms with Crippen molar-refractivity contribution < 1.29 is 27.8 Å². The molecule has 1 aromatic heterocycles. The molecule has 166 valence electrons. The van der Waals surface area contributed by atoms with Crippen LogP contribution < -0.4 is 10.2 Å². The second-order valence-electron chi connectivity index (χ2n) is 6.40. The van der Waals surface area contributed by atoms with Crippen molar-refractivity contribution in [1.82, 2.24) is 4.98 Å². The molecule has 0 fully saturated rings. The standard InChI is InChI=1S/C21H14F3I2N3O3/c22-21(23,24)15-5-6-18(27-10-15)29-28-9-13-7-16(25)19(17(26)8-13)32-11-12-1-3-14(4-2-12)20(30)31/h1-10H,11H2,(H,27,29)(H,30,31)/b28-9-. The summed E-state index contributed by atoms with van der Waals surface area (Å²) < 4.78 is 45.3. The molecule has 0 spiro atoms. The number of nitrogens with zero attached hydrogens (tertiary/aromatic N) is 2. The topological polar surface area (TPSA) is 83.8 Å². The summed E-state index contributed by atoms with van der Waals surface area (Å²) in [5.41, 5.74) is 3.57. The molecule has 0 unspecified atom stereocenters. The Kier molecular flexibility index (Phi) is 7.92. The fourth-order valence-corrected chi connectivity index (χ4v) is 4.62. The maximum atomic E-state index is 12.6. The number of pyridine rings is 1. The number of hydrogen-bond acceptors (Lipinski definition) is 5. The summed E-state index contributed by atoms with van der Waals surface area (Å²) in [5.74, 6) is -0.113. The van der Waals surface area contributed by atoms with Gasteiger partial charge in [0, 0.05) is 6.20 Å². The van der Waals surface area contributed by atoms with Crippen molar-refractivity contribution in [2.24, 2.45) is 5.10 Å². The van der Waals surface area contributed by atoms with Gasteiger partial charge in [0.25, 0.3) is 0 Å². The van der Waals surface area contributed by atoms with Gasteiger partial charge in [-0.15, -0.1) is 0 Å². The van der Waals surface area contributed by atoms with Crippen molar-refractivity contribution in [2.45, 2.75) is 12.8 Å². The van der Waals surface area contributed by atoms with Gasteiger partial charge < -0.3 is 9.84 Å². The summed E-state index contributed by atoms with van der Waals surface area (Å²) in [6.07, 6.45) is -2.17. The number of aromatic nitrogens is 1. The van der Waals surface area contributed by atoms with Crippen molar-refractivity contribution in [1.29, 1.82) is 0 Å². The Morgan fingerprint density at radius 2 is 1.78 bits per heavy atom. The molecule has 3 aromatic rings. The lowest BCUT2D eigenvalue weighted by molar-refractivity contribution is -0.137. The van der Waals surface area contributed by atoms with Crippen molar-refractivity contribution in [3.05, 3.63) is 84.1 Å². The number of anilines is 1. The lowest BCUT2D eigenvalue weighted by Gasteiger charge is -2.11. The van der Waals surface area contributed by atoms with E-state index in [9.17, 15) is 18.0 Å². The van der Waals surface area contributed by atoms with E-state index in [0.29, 0.717) is 5.75 Å². The van der Waals surface area contributed by atoms with Crippen molar-refractivity contribution in [3.63, 3.8) is 0 Å². The number of ether oxygens (including phenoxy) is 1. The third-order valence-corrected chi connectivity index (χ3v) is 5.69. The molecule has 11 heteroatoms. The van der Waals surface area contributed by atoms with E-state index in [-0.39, 0.29) is 18.0 Å². The molecule has 0 radical (unpaired) electrons. The second kappa shape index (κ2) is 10.5. The van der Waals surface area contributed by atoms with Crippen LogP contribution in [0.15, 0.2) is 59.8 Å². The Labute approximate surface area is 208 Å². The molecule has 0 saturated heterocycles. The number of nitrogens with one attached hydrogen (secondary N) is 1. The highest BCUT2D eigenvalue weighted by molar-refractivity contribution is 14.1. The molecule has 0 aliphatic heterocycles. The predicted octanol–water partition coefficient (Wildman–Crippen LogP) is 6.03. The molecule has 2 aromatic carbocycles. The zero-order valence-corrected chi connectivity index (χ0v) is 20.3. The van der Waals surface area contributed by atoms with Crippen molar-refractivity contribution in [2.75, 3.05) is 5.43 Å². The van der Waals surface area contributed by atoms with E-state index in [1.165, 1.54) is 24.4 Å². The SMILES string of the molecule is O=C(O)c1ccc(COc2c(I)cc(/C=N\Nc3ccc(C(F)(F)F)cn3)cc2I)cc1. The first-order valence-corrected chi connectivity index (χ1v) is 11.1. The van der Waals surface area contributed by atoms with Crippen molar-refractivity contribution >= 4 is 63.2 Å². The second-order valence-corrected chi connectivity index (χ2v) is 8.73. The molecule has 32 heavy (non-hydrogen) atoms. The Balaban J connectivity index is 1.62. The number of halogens is 5.